The number of ether oxygens (including phenoxy) is 1. The van der Waals surface area contributed by atoms with Gasteiger partial charge in [0, 0.05) is 12.3 Å². The molecule has 2 N–H and O–H groups in total. The molecule has 3 nitrogen and oxygen atoms in total. The van der Waals surface area contributed by atoms with Crippen molar-refractivity contribution in [3.63, 3.8) is 0 Å². The lowest BCUT2D eigenvalue weighted by Gasteiger charge is -2.06. The molecule has 0 radical (unpaired) electrons. The number of hydrogen-bond donors (Lipinski definition) is 1. The molecule has 0 amide bonds. The Morgan fingerprint density at radius 3 is 2.90 bits per heavy atom. The number of nitrogens with two attached hydrogens (primary N) is 1. The molecule has 1 aromatic rings. The quantitative estimate of drug-likeness (QED) is 0.614. The Labute approximate surface area is 59.8 Å². The molecule has 0 aromatic carbocycles. The van der Waals surface area contributed by atoms with E-state index < -0.39 is 0 Å². The summed E-state index contributed by atoms with van der Waals surface area (Å²) < 4.78 is 5.08. The Hall–Kier alpha value is -1.09. The molecule has 0 aliphatic rings. The predicted octanol–water partition coefficient (Wildman–Crippen LogP) is 0.765. The fourth-order valence-corrected chi connectivity index (χ4v) is 0.607. The van der Waals surface area contributed by atoms with Crippen LogP contribution in [-0.4, -0.2) is 11.2 Å². The fraction of sp³-hybridized carbons (Fsp3) is 0.286. The van der Waals surface area contributed by atoms with Gasteiger partial charge in [-0.15, -0.1) is 0 Å². The maximum atomic E-state index is 5.36. The fourth-order valence-electron chi connectivity index (χ4n) is 0.607. The van der Waals surface area contributed by atoms with Crippen LogP contribution in [0.25, 0.3) is 0 Å². The smallest absolute Gasteiger partial charge is 0.214 e. The lowest BCUT2D eigenvalue weighted by atomic mass is 10.5. The maximum Gasteiger partial charge on any atom is 0.214 e. The van der Waals surface area contributed by atoms with Gasteiger partial charge in [-0.1, -0.05) is 6.07 Å². The van der Waals surface area contributed by atoms with Gasteiger partial charge in [0.25, 0.3) is 0 Å². The summed E-state index contributed by atoms with van der Waals surface area (Å²) in [6.45, 7) is 1.76. The Kier molecular flexibility index (Phi) is 2.23. The van der Waals surface area contributed by atoms with Gasteiger partial charge in [-0.2, -0.15) is 0 Å². The van der Waals surface area contributed by atoms with Gasteiger partial charge in [0.15, 0.2) is 0 Å². The van der Waals surface area contributed by atoms with E-state index in [0.717, 1.165) is 0 Å². The Morgan fingerprint density at radius 1 is 1.60 bits per heavy atom. The molecule has 1 rings (SSSR count). The second-order valence-corrected chi connectivity index (χ2v) is 1.99. The molecular weight excluding hydrogens is 128 g/mol. The average Bonchev–Trinajstić information content (AvgIpc) is 1.88. The second kappa shape index (κ2) is 3.17. The van der Waals surface area contributed by atoms with Gasteiger partial charge in [0.05, 0.1) is 0 Å². The van der Waals surface area contributed by atoms with Crippen molar-refractivity contribution < 1.29 is 4.74 Å². The summed E-state index contributed by atoms with van der Waals surface area (Å²) in [7, 11) is 0. The zero-order chi connectivity index (χ0) is 7.40. The number of nitrogens with zero attached hydrogens (tertiary/aromatic N) is 1. The topological polar surface area (TPSA) is 48.1 Å². The van der Waals surface area contributed by atoms with E-state index in [1.54, 1.807) is 19.2 Å². The molecule has 0 aliphatic heterocycles. The standard InChI is InChI=1S/C7H10N2O/c1-6(8)10-7-4-2-3-5-9-7/h2-6H,8H2,1H3. The molecule has 0 spiro atoms. The van der Waals surface area contributed by atoms with Crippen molar-refractivity contribution in [1.29, 1.82) is 0 Å². The maximum absolute atomic E-state index is 5.36. The lowest BCUT2D eigenvalue weighted by molar-refractivity contribution is 0.221. The zero-order valence-electron chi connectivity index (χ0n) is 5.82. The summed E-state index contributed by atoms with van der Waals surface area (Å²) in [5, 5.41) is 0. The summed E-state index contributed by atoms with van der Waals surface area (Å²) in [6.07, 6.45) is 1.37. The van der Waals surface area contributed by atoms with Crippen LogP contribution >= 0.6 is 0 Å². The summed E-state index contributed by atoms with van der Waals surface area (Å²) >= 11 is 0. The minimum absolute atomic E-state index is 0.296. The Balaban J connectivity index is 2.59. The van der Waals surface area contributed by atoms with Crippen LogP contribution in [0.3, 0.4) is 0 Å². The van der Waals surface area contributed by atoms with Crippen LogP contribution in [0.5, 0.6) is 5.88 Å². The van der Waals surface area contributed by atoms with E-state index in [2.05, 4.69) is 4.98 Å². The van der Waals surface area contributed by atoms with Crippen LogP contribution in [0.4, 0.5) is 0 Å². The third-order valence-corrected chi connectivity index (χ3v) is 0.944. The second-order valence-electron chi connectivity index (χ2n) is 1.99. The number of pyridine rings is 1. The molecule has 0 bridgehead atoms. The van der Waals surface area contributed by atoms with Crippen molar-refractivity contribution in [3.05, 3.63) is 24.4 Å². The molecule has 0 aliphatic carbocycles. The minimum atomic E-state index is -0.296. The predicted molar refractivity (Wildman–Crippen MR) is 38.5 cm³/mol. The average molecular weight is 138 g/mol. The van der Waals surface area contributed by atoms with E-state index in [9.17, 15) is 0 Å². The number of rotatable bonds is 2. The van der Waals surface area contributed by atoms with E-state index in [4.69, 9.17) is 10.5 Å². The van der Waals surface area contributed by atoms with Crippen LogP contribution in [0.1, 0.15) is 6.92 Å². The summed E-state index contributed by atoms with van der Waals surface area (Å²) in [6, 6.07) is 5.45. The molecular formula is C7H10N2O. The zero-order valence-corrected chi connectivity index (χ0v) is 5.82. The van der Waals surface area contributed by atoms with E-state index in [1.165, 1.54) is 0 Å². The molecule has 1 atom stereocenters. The minimum Gasteiger partial charge on any atom is -0.459 e. The first kappa shape index (κ1) is 7.02. The van der Waals surface area contributed by atoms with Gasteiger partial charge in [-0.3, -0.25) is 5.73 Å². The van der Waals surface area contributed by atoms with Crippen molar-refractivity contribution in [3.8, 4) is 5.88 Å². The van der Waals surface area contributed by atoms with Crippen molar-refractivity contribution in [1.82, 2.24) is 4.98 Å². The highest BCUT2D eigenvalue weighted by molar-refractivity contribution is 5.09. The van der Waals surface area contributed by atoms with Crippen LogP contribution in [0.2, 0.25) is 0 Å². The van der Waals surface area contributed by atoms with Crippen molar-refractivity contribution >= 4 is 0 Å². The Morgan fingerprint density at radius 2 is 2.40 bits per heavy atom. The number of aromatic nitrogens is 1. The lowest BCUT2D eigenvalue weighted by Crippen LogP contribution is -2.22. The third kappa shape index (κ3) is 2.03. The summed E-state index contributed by atoms with van der Waals surface area (Å²) in [4.78, 5) is 3.92. The van der Waals surface area contributed by atoms with Crippen LogP contribution in [0.15, 0.2) is 24.4 Å². The van der Waals surface area contributed by atoms with Crippen molar-refractivity contribution in [2.45, 2.75) is 13.2 Å². The van der Waals surface area contributed by atoms with Crippen LogP contribution in [-0.2, 0) is 0 Å². The SMILES string of the molecule is CC(N)Oc1ccccn1. The highest BCUT2D eigenvalue weighted by Crippen LogP contribution is 2.03. The first-order valence-corrected chi connectivity index (χ1v) is 3.12. The molecule has 0 saturated heterocycles. The monoisotopic (exact) mass is 138 g/mol. The first-order chi connectivity index (χ1) is 4.79. The highest BCUT2D eigenvalue weighted by atomic mass is 16.5. The molecule has 10 heavy (non-hydrogen) atoms. The van der Waals surface area contributed by atoms with E-state index >= 15 is 0 Å². The normalized spacial score (nSPS) is 12.6. The van der Waals surface area contributed by atoms with Gasteiger partial charge in [0.1, 0.15) is 6.23 Å². The van der Waals surface area contributed by atoms with Crippen molar-refractivity contribution in [2.75, 3.05) is 0 Å². The molecule has 0 fully saturated rings. The van der Waals surface area contributed by atoms with E-state index in [0.29, 0.717) is 5.88 Å². The molecule has 1 aromatic heterocycles. The largest absolute Gasteiger partial charge is 0.459 e. The molecule has 1 unspecified atom stereocenters. The summed E-state index contributed by atoms with van der Waals surface area (Å²) in [5.74, 6) is 0.567. The Bertz CT molecular complexity index is 186. The molecule has 1 heterocycles. The molecule has 3 heteroatoms. The van der Waals surface area contributed by atoms with Gasteiger partial charge in [-0.25, -0.2) is 4.98 Å². The van der Waals surface area contributed by atoms with Crippen LogP contribution in [0, 0.1) is 0 Å². The van der Waals surface area contributed by atoms with Crippen LogP contribution < -0.4 is 10.5 Å². The summed E-state index contributed by atoms with van der Waals surface area (Å²) in [5.41, 5.74) is 5.36. The third-order valence-electron chi connectivity index (χ3n) is 0.944. The first-order valence-electron chi connectivity index (χ1n) is 3.12. The van der Waals surface area contributed by atoms with Gasteiger partial charge in [-0.05, 0) is 13.0 Å². The van der Waals surface area contributed by atoms with E-state index in [1.807, 2.05) is 12.1 Å². The van der Waals surface area contributed by atoms with Gasteiger partial charge >= 0.3 is 0 Å². The number of hydrogen-bond acceptors (Lipinski definition) is 3. The van der Waals surface area contributed by atoms with Gasteiger partial charge in [0.2, 0.25) is 5.88 Å². The van der Waals surface area contributed by atoms with E-state index in [-0.39, 0.29) is 6.23 Å². The highest BCUT2D eigenvalue weighted by Gasteiger charge is 1.94. The molecule has 0 saturated carbocycles. The van der Waals surface area contributed by atoms with Gasteiger partial charge < -0.3 is 4.74 Å². The molecule has 54 valence electrons. The van der Waals surface area contributed by atoms with Crippen molar-refractivity contribution in [2.24, 2.45) is 5.73 Å².